The summed E-state index contributed by atoms with van der Waals surface area (Å²) in [4.78, 5) is 2.63. The van der Waals surface area contributed by atoms with E-state index in [1.807, 2.05) is 0 Å². The minimum Gasteiger partial charge on any atom is -0.312 e. The van der Waals surface area contributed by atoms with Crippen molar-refractivity contribution in [2.24, 2.45) is 11.8 Å². The molecule has 0 aromatic heterocycles. The lowest BCUT2D eigenvalue weighted by atomic mass is 9.88. The number of hydrogen-bond acceptors (Lipinski definition) is 2. The maximum atomic E-state index is 3.84. The van der Waals surface area contributed by atoms with E-state index in [1.54, 1.807) is 0 Å². The van der Waals surface area contributed by atoms with Crippen molar-refractivity contribution in [3.8, 4) is 0 Å². The minimum absolute atomic E-state index is 0.742. The van der Waals surface area contributed by atoms with Gasteiger partial charge < -0.3 is 10.2 Å². The highest BCUT2D eigenvalue weighted by Gasteiger charge is 2.26. The molecule has 118 valence electrons. The lowest BCUT2D eigenvalue weighted by Gasteiger charge is -2.32. The second-order valence-corrected chi connectivity index (χ2v) is 7.33. The lowest BCUT2D eigenvalue weighted by Crippen LogP contribution is -2.45. The Morgan fingerprint density at radius 1 is 1.00 bits per heavy atom. The summed E-state index contributed by atoms with van der Waals surface area (Å²) in [5.74, 6) is 1.92. The van der Waals surface area contributed by atoms with Gasteiger partial charge in [0.05, 0.1) is 0 Å². The number of likely N-dealkylation sites (N-methyl/N-ethyl adjacent to an activating group) is 1. The molecular weight excluding hydrogens is 244 g/mol. The quantitative estimate of drug-likeness (QED) is 0.721. The van der Waals surface area contributed by atoms with Crippen LogP contribution in [0.2, 0.25) is 0 Å². The molecule has 2 fully saturated rings. The summed E-state index contributed by atoms with van der Waals surface area (Å²) in [6, 6.07) is 0.742. The van der Waals surface area contributed by atoms with Gasteiger partial charge in [-0.25, -0.2) is 0 Å². The van der Waals surface area contributed by atoms with Crippen LogP contribution < -0.4 is 5.32 Å². The van der Waals surface area contributed by atoms with Crippen molar-refractivity contribution in [1.29, 1.82) is 0 Å². The molecule has 0 bridgehead atoms. The average molecular weight is 280 g/mol. The first kappa shape index (κ1) is 16.3. The molecule has 0 spiro atoms. The minimum atomic E-state index is 0.742. The van der Waals surface area contributed by atoms with Crippen LogP contribution in [0.1, 0.15) is 71.1 Å². The highest BCUT2D eigenvalue weighted by Crippen LogP contribution is 2.29. The van der Waals surface area contributed by atoms with E-state index in [4.69, 9.17) is 0 Å². The first-order valence-electron chi connectivity index (χ1n) is 9.21. The molecule has 1 unspecified atom stereocenters. The van der Waals surface area contributed by atoms with E-state index < -0.39 is 0 Å². The fraction of sp³-hybridized carbons (Fsp3) is 1.00. The summed E-state index contributed by atoms with van der Waals surface area (Å²) in [7, 11) is 2.35. The van der Waals surface area contributed by atoms with Crippen molar-refractivity contribution < 1.29 is 0 Å². The molecule has 0 aliphatic heterocycles. The summed E-state index contributed by atoms with van der Waals surface area (Å²) < 4.78 is 0. The summed E-state index contributed by atoms with van der Waals surface area (Å²) in [6.45, 7) is 6.07. The highest BCUT2D eigenvalue weighted by molar-refractivity contribution is 4.83. The van der Waals surface area contributed by atoms with Crippen molar-refractivity contribution in [1.82, 2.24) is 10.2 Å². The first-order valence-corrected chi connectivity index (χ1v) is 9.21. The summed E-state index contributed by atoms with van der Waals surface area (Å²) in [6.07, 6.45) is 14.5. The van der Waals surface area contributed by atoms with E-state index in [2.05, 4.69) is 24.2 Å². The van der Waals surface area contributed by atoms with Crippen molar-refractivity contribution >= 4 is 0 Å². The van der Waals surface area contributed by atoms with Gasteiger partial charge in [-0.05, 0) is 57.5 Å². The van der Waals surface area contributed by atoms with Gasteiger partial charge >= 0.3 is 0 Å². The molecule has 1 N–H and O–H groups in total. The van der Waals surface area contributed by atoms with Gasteiger partial charge in [0.1, 0.15) is 0 Å². The zero-order valence-electron chi connectivity index (χ0n) is 13.9. The van der Waals surface area contributed by atoms with Crippen LogP contribution in [-0.4, -0.2) is 37.6 Å². The Morgan fingerprint density at radius 3 is 2.30 bits per heavy atom. The van der Waals surface area contributed by atoms with Gasteiger partial charge in [0, 0.05) is 19.1 Å². The van der Waals surface area contributed by atoms with Gasteiger partial charge in [0.25, 0.3) is 0 Å². The van der Waals surface area contributed by atoms with Crippen molar-refractivity contribution in [2.45, 2.75) is 77.2 Å². The largest absolute Gasteiger partial charge is 0.312 e. The zero-order valence-corrected chi connectivity index (χ0v) is 13.9. The Morgan fingerprint density at radius 2 is 1.65 bits per heavy atom. The van der Waals surface area contributed by atoms with Crippen LogP contribution in [0.3, 0.4) is 0 Å². The SMILES string of the molecule is CCCNC(CN(C)CC1CCCCC1)C1CCCC1. The number of rotatable bonds is 8. The fourth-order valence-electron chi connectivity index (χ4n) is 4.29. The topological polar surface area (TPSA) is 15.3 Å². The van der Waals surface area contributed by atoms with Gasteiger partial charge in [0.2, 0.25) is 0 Å². The number of nitrogens with zero attached hydrogens (tertiary/aromatic N) is 1. The zero-order chi connectivity index (χ0) is 14.2. The predicted molar refractivity (Wildman–Crippen MR) is 88.1 cm³/mol. The normalized spacial score (nSPS) is 23.6. The molecule has 0 saturated heterocycles. The van der Waals surface area contributed by atoms with Crippen LogP contribution in [0, 0.1) is 11.8 Å². The standard InChI is InChI=1S/C18H36N2/c1-3-13-19-18(17-11-7-8-12-17)15-20(2)14-16-9-5-4-6-10-16/h16-19H,3-15H2,1-2H3. The van der Waals surface area contributed by atoms with E-state index in [9.17, 15) is 0 Å². The van der Waals surface area contributed by atoms with Crippen LogP contribution >= 0.6 is 0 Å². The van der Waals surface area contributed by atoms with Crippen LogP contribution in [0.4, 0.5) is 0 Å². The van der Waals surface area contributed by atoms with Crippen LogP contribution in [0.25, 0.3) is 0 Å². The molecule has 1 atom stereocenters. The Balaban J connectivity index is 1.75. The molecule has 2 saturated carbocycles. The van der Waals surface area contributed by atoms with Crippen LogP contribution in [0.5, 0.6) is 0 Å². The molecule has 2 rings (SSSR count). The Bertz CT molecular complexity index is 242. The monoisotopic (exact) mass is 280 g/mol. The van der Waals surface area contributed by atoms with Gasteiger partial charge in [-0.15, -0.1) is 0 Å². The van der Waals surface area contributed by atoms with E-state index >= 15 is 0 Å². The van der Waals surface area contributed by atoms with E-state index in [0.29, 0.717) is 0 Å². The fourth-order valence-corrected chi connectivity index (χ4v) is 4.29. The number of nitrogens with one attached hydrogen (secondary N) is 1. The molecule has 20 heavy (non-hydrogen) atoms. The smallest absolute Gasteiger partial charge is 0.0223 e. The maximum absolute atomic E-state index is 3.84. The predicted octanol–water partition coefficient (Wildman–Crippen LogP) is 4.06. The third-order valence-electron chi connectivity index (χ3n) is 5.43. The Labute approximate surface area is 126 Å². The third-order valence-corrected chi connectivity index (χ3v) is 5.43. The van der Waals surface area contributed by atoms with Gasteiger partial charge in [0.15, 0.2) is 0 Å². The molecule has 0 heterocycles. The molecule has 0 amide bonds. The second-order valence-electron chi connectivity index (χ2n) is 7.33. The molecule has 0 aromatic carbocycles. The number of hydrogen-bond donors (Lipinski definition) is 1. The Kier molecular flexibility index (Phi) is 7.37. The highest BCUT2D eigenvalue weighted by atomic mass is 15.1. The average Bonchev–Trinajstić information content (AvgIpc) is 2.98. The molecule has 0 aromatic rings. The summed E-state index contributed by atoms with van der Waals surface area (Å²) in [5.41, 5.74) is 0. The first-order chi connectivity index (χ1) is 9.79. The van der Waals surface area contributed by atoms with Gasteiger partial charge in [-0.2, -0.15) is 0 Å². The van der Waals surface area contributed by atoms with Crippen molar-refractivity contribution in [3.05, 3.63) is 0 Å². The molecular formula is C18H36N2. The van der Waals surface area contributed by atoms with Crippen LogP contribution in [-0.2, 0) is 0 Å². The second kappa shape index (κ2) is 9.04. The maximum Gasteiger partial charge on any atom is 0.0223 e. The lowest BCUT2D eigenvalue weighted by molar-refractivity contribution is 0.194. The molecule has 2 heteroatoms. The van der Waals surface area contributed by atoms with Crippen molar-refractivity contribution in [3.63, 3.8) is 0 Å². The van der Waals surface area contributed by atoms with Crippen LogP contribution in [0.15, 0.2) is 0 Å². The molecule has 2 nitrogen and oxygen atoms in total. The summed E-state index contributed by atoms with van der Waals surface area (Å²) in [5, 5.41) is 3.84. The van der Waals surface area contributed by atoms with E-state index in [1.165, 1.54) is 83.8 Å². The third kappa shape index (κ3) is 5.37. The Hall–Kier alpha value is -0.0800. The molecule has 0 radical (unpaired) electrons. The summed E-state index contributed by atoms with van der Waals surface area (Å²) >= 11 is 0. The van der Waals surface area contributed by atoms with Gasteiger partial charge in [-0.3, -0.25) is 0 Å². The van der Waals surface area contributed by atoms with Gasteiger partial charge in [-0.1, -0.05) is 39.0 Å². The van der Waals surface area contributed by atoms with E-state index in [0.717, 1.165) is 17.9 Å². The molecule has 2 aliphatic rings. The van der Waals surface area contributed by atoms with Crippen molar-refractivity contribution in [2.75, 3.05) is 26.7 Å². The van der Waals surface area contributed by atoms with E-state index in [-0.39, 0.29) is 0 Å². The molecule has 2 aliphatic carbocycles.